The van der Waals surface area contributed by atoms with Crippen LogP contribution in [0.4, 0.5) is 11.6 Å². The Kier molecular flexibility index (Phi) is 4.99. The SMILES string of the molecule is CN1CCN(C(=O)CCc2nc(-c3ccc(Cl)cc3)no2)c2nc3ccccc3nc21. The van der Waals surface area contributed by atoms with Crippen molar-refractivity contribution in [1.29, 1.82) is 0 Å². The summed E-state index contributed by atoms with van der Waals surface area (Å²) in [6.07, 6.45) is 0.585. The van der Waals surface area contributed by atoms with Crippen LogP contribution < -0.4 is 9.80 Å². The summed E-state index contributed by atoms with van der Waals surface area (Å²) in [6, 6.07) is 14.9. The fraction of sp³-hybridized carbons (Fsp3) is 0.227. The molecule has 0 fully saturated rings. The molecule has 1 amide bonds. The van der Waals surface area contributed by atoms with Gasteiger partial charge in [-0.3, -0.25) is 9.69 Å². The smallest absolute Gasteiger partial charge is 0.228 e. The maximum atomic E-state index is 13.0. The number of hydrogen-bond acceptors (Lipinski definition) is 7. The molecule has 5 rings (SSSR count). The molecule has 0 N–H and O–H groups in total. The number of likely N-dealkylation sites (N-methyl/N-ethyl adjacent to an activating group) is 1. The van der Waals surface area contributed by atoms with E-state index < -0.39 is 0 Å². The van der Waals surface area contributed by atoms with Crippen LogP contribution in [0.15, 0.2) is 53.1 Å². The third kappa shape index (κ3) is 3.82. The first-order valence-corrected chi connectivity index (χ1v) is 10.3. The lowest BCUT2D eigenvalue weighted by atomic mass is 10.2. The van der Waals surface area contributed by atoms with Crippen molar-refractivity contribution in [2.75, 3.05) is 29.9 Å². The van der Waals surface area contributed by atoms with E-state index in [2.05, 4.69) is 10.1 Å². The van der Waals surface area contributed by atoms with Gasteiger partial charge in [-0.1, -0.05) is 28.9 Å². The van der Waals surface area contributed by atoms with Gasteiger partial charge in [0.15, 0.2) is 11.6 Å². The van der Waals surface area contributed by atoms with Crippen LogP contribution in [-0.4, -0.2) is 46.2 Å². The highest BCUT2D eigenvalue weighted by atomic mass is 35.5. The van der Waals surface area contributed by atoms with Crippen LogP contribution in [0.5, 0.6) is 0 Å². The zero-order valence-electron chi connectivity index (χ0n) is 16.8. The number of carbonyl (C=O) groups excluding carboxylic acids is 1. The van der Waals surface area contributed by atoms with Crippen LogP contribution in [0.2, 0.25) is 5.02 Å². The number of fused-ring (bicyclic) bond motifs is 2. The van der Waals surface area contributed by atoms with E-state index in [-0.39, 0.29) is 12.3 Å². The summed E-state index contributed by atoms with van der Waals surface area (Å²) in [5.74, 6) is 2.13. The first kappa shape index (κ1) is 19.4. The molecule has 1 aliphatic heterocycles. The van der Waals surface area contributed by atoms with Crippen molar-refractivity contribution in [3.8, 4) is 11.4 Å². The third-order valence-corrected chi connectivity index (χ3v) is 5.49. The van der Waals surface area contributed by atoms with E-state index >= 15 is 0 Å². The van der Waals surface area contributed by atoms with Gasteiger partial charge in [-0.2, -0.15) is 4.98 Å². The second-order valence-electron chi connectivity index (χ2n) is 7.35. The number of benzene rings is 2. The van der Waals surface area contributed by atoms with Crippen molar-refractivity contribution >= 4 is 40.2 Å². The van der Waals surface area contributed by atoms with E-state index in [0.717, 1.165) is 16.6 Å². The van der Waals surface area contributed by atoms with E-state index in [9.17, 15) is 4.79 Å². The summed E-state index contributed by atoms with van der Waals surface area (Å²) in [4.78, 5) is 30.6. The molecule has 0 aliphatic carbocycles. The molecule has 0 atom stereocenters. The summed E-state index contributed by atoms with van der Waals surface area (Å²) in [7, 11) is 1.96. The Morgan fingerprint density at radius 1 is 1.00 bits per heavy atom. The number of para-hydroxylation sites is 2. The lowest BCUT2D eigenvalue weighted by Gasteiger charge is -2.33. The molecular weight excluding hydrogens is 416 g/mol. The number of aryl methyl sites for hydroxylation is 1. The van der Waals surface area contributed by atoms with Crippen LogP contribution >= 0.6 is 11.6 Å². The number of amides is 1. The van der Waals surface area contributed by atoms with E-state index in [1.807, 2.05) is 48.3 Å². The zero-order chi connectivity index (χ0) is 21.4. The number of carbonyl (C=O) groups is 1. The summed E-state index contributed by atoms with van der Waals surface area (Å²) < 4.78 is 5.33. The van der Waals surface area contributed by atoms with Crippen molar-refractivity contribution < 1.29 is 9.32 Å². The third-order valence-electron chi connectivity index (χ3n) is 5.23. The maximum Gasteiger partial charge on any atom is 0.228 e. The standard InChI is InChI=1S/C22H19ClN6O2/c1-28-12-13-29(22-21(28)24-16-4-2-3-5-17(16)25-22)19(30)11-10-18-26-20(27-31-18)14-6-8-15(23)9-7-14/h2-9H,10-13H2,1H3. The summed E-state index contributed by atoms with van der Waals surface area (Å²) >= 11 is 5.92. The molecule has 31 heavy (non-hydrogen) atoms. The second kappa shape index (κ2) is 7.96. The Morgan fingerprint density at radius 2 is 1.71 bits per heavy atom. The molecular formula is C22H19ClN6O2. The van der Waals surface area contributed by atoms with Crippen molar-refractivity contribution in [3.63, 3.8) is 0 Å². The fourth-order valence-electron chi connectivity index (χ4n) is 3.54. The average Bonchev–Trinajstić information content (AvgIpc) is 3.26. The number of nitrogens with zero attached hydrogens (tertiary/aromatic N) is 6. The number of halogens is 1. The number of hydrogen-bond donors (Lipinski definition) is 0. The molecule has 0 radical (unpaired) electrons. The van der Waals surface area contributed by atoms with Crippen LogP contribution in [0.25, 0.3) is 22.4 Å². The lowest BCUT2D eigenvalue weighted by molar-refractivity contribution is -0.118. The zero-order valence-corrected chi connectivity index (χ0v) is 17.6. The van der Waals surface area contributed by atoms with Gasteiger partial charge in [0, 0.05) is 43.6 Å². The normalized spacial score (nSPS) is 13.5. The Hall–Kier alpha value is -3.52. The molecule has 0 bridgehead atoms. The summed E-state index contributed by atoms with van der Waals surface area (Å²) in [6.45, 7) is 1.24. The minimum Gasteiger partial charge on any atom is -0.355 e. The Bertz CT molecular complexity index is 1260. The molecule has 156 valence electrons. The van der Waals surface area contributed by atoms with Crippen LogP contribution in [0.1, 0.15) is 12.3 Å². The predicted molar refractivity (Wildman–Crippen MR) is 118 cm³/mol. The minimum absolute atomic E-state index is 0.0508. The predicted octanol–water partition coefficient (Wildman–Crippen LogP) is 3.75. The first-order chi connectivity index (χ1) is 15.1. The highest BCUT2D eigenvalue weighted by Gasteiger charge is 2.28. The topological polar surface area (TPSA) is 88.2 Å². The monoisotopic (exact) mass is 434 g/mol. The van der Waals surface area contributed by atoms with Crippen LogP contribution in [-0.2, 0) is 11.2 Å². The van der Waals surface area contributed by atoms with Crippen LogP contribution in [0, 0.1) is 0 Å². The van der Waals surface area contributed by atoms with Crippen molar-refractivity contribution in [2.24, 2.45) is 0 Å². The van der Waals surface area contributed by atoms with Gasteiger partial charge in [-0.05, 0) is 36.4 Å². The van der Waals surface area contributed by atoms with Gasteiger partial charge in [0.2, 0.25) is 17.6 Å². The fourth-order valence-corrected chi connectivity index (χ4v) is 3.67. The van der Waals surface area contributed by atoms with Gasteiger partial charge < -0.3 is 9.42 Å². The molecule has 0 saturated heterocycles. The van der Waals surface area contributed by atoms with E-state index in [0.29, 0.717) is 47.9 Å². The molecule has 0 unspecified atom stereocenters. The second-order valence-corrected chi connectivity index (χ2v) is 7.78. The quantitative estimate of drug-likeness (QED) is 0.483. The van der Waals surface area contributed by atoms with Gasteiger partial charge in [0.05, 0.1) is 11.0 Å². The van der Waals surface area contributed by atoms with E-state index in [1.165, 1.54) is 0 Å². The molecule has 8 nitrogen and oxygen atoms in total. The Morgan fingerprint density at radius 3 is 2.45 bits per heavy atom. The number of anilines is 2. The van der Waals surface area contributed by atoms with E-state index in [1.54, 1.807) is 17.0 Å². The van der Waals surface area contributed by atoms with E-state index in [4.69, 9.17) is 26.1 Å². The average molecular weight is 435 g/mol. The highest BCUT2D eigenvalue weighted by Crippen LogP contribution is 2.31. The molecule has 0 saturated carbocycles. The van der Waals surface area contributed by atoms with Crippen molar-refractivity contribution in [3.05, 3.63) is 59.4 Å². The molecule has 9 heteroatoms. The lowest BCUT2D eigenvalue weighted by Crippen LogP contribution is -2.43. The minimum atomic E-state index is -0.0508. The maximum absolute atomic E-state index is 13.0. The molecule has 1 aliphatic rings. The Labute approximate surface area is 183 Å². The van der Waals surface area contributed by atoms with Crippen molar-refractivity contribution in [1.82, 2.24) is 20.1 Å². The summed E-state index contributed by atoms with van der Waals surface area (Å²) in [5, 5.41) is 4.64. The molecule has 3 heterocycles. The molecule has 2 aromatic carbocycles. The van der Waals surface area contributed by atoms with Gasteiger partial charge in [-0.15, -0.1) is 0 Å². The van der Waals surface area contributed by atoms with Crippen molar-refractivity contribution in [2.45, 2.75) is 12.8 Å². The number of rotatable bonds is 4. The van der Waals surface area contributed by atoms with Gasteiger partial charge >= 0.3 is 0 Å². The molecule has 0 spiro atoms. The van der Waals surface area contributed by atoms with Gasteiger partial charge in [0.25, 0.3) is 0 Å². The van der Waals surface area contributed by atoms with Gasteiger partial charge in [0.1, 0.15) is 0 Å². The molecule has 4 aromatic rings. The number of aromatic nitrogens is 4. The largest absolute Gasteiger partial charge is 0.355 e. The van der Waals surface area contributed by atoms with Gasteiger partial charge in [-0.25, -0.2) is 9.97 Å². The summed E-state index contributed by atoms with van der Waals surface area (Å²) in [5.41, 5.74) is 2.38. The van der Waals surface area contributed by atoms with Crippen LogP contribution in [0.3, 0.4) is 0 Å². The first-order valence-electron chi connectivity index (χ1n) is 9.95. The highest BCUT2D eigenvalue weighted by molar-refractivity contribution is 6.30. The molecule has 2 aromatic heterocycles. The Balaban J connectivity index is 1.33.